The van der Waals surface area contributed by atoms with Crippen LogP contribution >= 0.6 is 0 Å². The molecular weight excluding hydrogens is 166 g/mol. The molecule has 0 bridgehead atoms. The number of nitrogens with zero attached hydrogens (tertiary/aromatic N) is 1. The molecule has 1 saturated carbocycles. The molecule has 1 saturated heterocycles. The predicted octanol–water partition coefficient (Wildman–Crippen LogP) is 1.33. The zero-order valence-corrected chi connectivity index (χ0v) is 8.29. The fraction of sp³-hybridized carbons (Fsp3) is 0.900. The van der Waals surface area contributed by atoms with Gasteiger partial charge in [-0.25, -0.2) is 0 Å². The Balaban J connectivity index is 2.11. The van der Waals surface area contributed by atoms with Crippen LogP contribution in [0.4, 0.5) is 0 Å². The van der Waals surface area contributed by atoms with Crippen molar-refractivity contribution in [3.63, 3.8) is 0 Å². The van der Waals surface area contributed by atoms with E-state index < -0.39 is 5.97 Å². The van der Waals surface area contributed by atoms with Gasteiger partial charge in [0.1, 0.15) is 6.04 Å². The molecule has 1 aliphatic heterocycles. The van der Waals surface area contributed by atoms with Crippen molar-refractivity contribution in [2.45, 2.75) is 45.2 Å². The summed E-state index contributed by atoms with van der Waals surface area (Å²) in [4.78, 5) is 13.1. The second-order valence-electron chi connectivity index (χ2n) is 4.82. The van der Waals surface area contributed by atoms with Crippen LogP contribution in [0.25, 0.3) is 0 Å². The van der Waals surface area contributed by atoms with Gasteiger partial charge < -0.3 is 5.11 Å². The first kappa shape index (κ1) is 9.00. The Bertz CT molecular complexity index is 233. The minimum atomic E-state index is -0.641. The topological polar surface area (TPSA) is 40.5 Å². The van der Waals surface area contributed by atoms with Crippen molar-refractivity contribution in [2.75, 3.05) is 6.54 Å². The summed E-state index contributed by atoms with van der Waals surface area (Å²) in [6, 6.07) is 0.142. The Morgan fingerprint density at radius 2 is 2.15 bits per heavy atom. The van der Waals surface area contributed by atoms with Crippen molar-refractivity contribution in [2.24, 2.45) is 5.41 Å². The highest BCUT2D eigenvalue weighted by Gasteiger charge is 2.54. The number of carboxylic acids is 1. The molecular formula is C10H17NO2. The molecule has 2 fully saturated rings. The third-order valence-electron chi connectivity index (χ3n) is 3.45. The lowest BCUT2D eigenvalue weighted by Crippen LogP contribution is -2.40. The van der Waals surface area contributed by atoms with Crippen LogP contribution in [0.3, 0.4) is 0 Å². The molecule has 1 aliphatic carbocycles. The van der Waals surface area contributed by atoms with Crippen molar-refractivity contribution in [3.8, 4) is 0 Å². The van der Waals surface area contributed by atoms with Gasteiger partial charge in [-0.15, -0.1) is 0 Å². The molecule has 1 heterocycles. The van der Waals surface area contributed by atoms with Crippen molar-refractivity contribution in [3.05, 3.63) is 0 Å². The molecule has 0 amide bonds. The lowest BCUT2D eigenvalue weighted by Gasteiger charge is -2.25. The largest absolute Gasteiger partial charge is 0.480 e. The van der Waals surface area contributed by atoms with Gasteiger partial charge in [0.25, 0.3) is 0 Å². The molecule has 0 aromatic heterocycles. The minimum absolute atomic E-state index is 0.220. The van der Waals surface area contributed by atoms with E-state index >= 15 is 0 Å². The number of carboxylic acid groups (broad SMARTS) is 1. The third kappa shape index (κ3) is 1.46. The monoisotopic (exact) mass is 183 g/mol. The summed E-state index contributed by atoms with van der Waals surface area (Å²) in [6.45, 7) is 5.16. The first-order valence-electron chi connectivity index (χ1n) is 5.03. The van der Waals surface area contributed by atoms with E-state index in [9.17, 15) is 4.79 Å². The van der Waals surface area contributed by atoms with E-state index in [2.05, 4.69) is 18.7 Å². The van der Waals surface area contributed by atoms with E-state index in [4.69, 9.17) is 5.11 Å². The van der Waals surface area contributed by atoms with Crippen LogP contribution < -0.4 is 0 Å². The van der Waals surface area contributed by atoms with Crippen LogP contribution in [0, 0.1) is 5.41 Å². The summed E-state index contributed by atoms with van der Waals surface area (Å²) >= 11 is 0. The third-order valence-corrected chi connectivity index (χ3v) is 3.45. The molecule has 2 aliphatic rings. The van der Waals surface area contributed by atoms with Crippen LogP contribution in [0.2, 0.25) is 0 Å². The van der Waals surface area contributed by atoms with Crippen LogP contribution in [-0.4, -0.2) is 34.6 Å². The number of rotatable bonds is 2. The average molecular weight is 183 g/mol. The lowest BCUT2D eigenvalue weighted by atomic mass is 10.0. The standard InChI is InChI=1S/C10H17NO2/c1-7(2)11-6-10(3-4-10)5-8(11)9(12)13/h7-8H,3-6H2,1-2H3,(H,12,13)/t8-/m0/s1. The molecule has 3 heteroatoms. The summed E-state index contributed by atoms with van der Waals surface area (Å²) in [5.74, 6) is -0.641. The van der Waals surface area contributed by atoms with Gasteiger partial charge in [0.05, 0.1) is 0 Å². The van der Waals surface area contributed by atoms with Gasteiger partial charge in [-0.1, -0.05) is 0 Å². The molecule has 74 valence electrons. The Morgan fingerprint density at radius 1 is 1.54 bits per heavy atom. The maximum Gasteiger partial charge on any atom is 0.320 e. The van der Waals surface area contributed by atoms with Crippen LogP contribution in [0.15, 0.2) is 0 Å². The SMILES string of the molecule is CC(C)N1CC2(CC2)C[C@H]1C(=O)O. The molecule has 1 atom stereocenters. The first-order chi connectivity index (χ1) is 6.04. The molecule has 1 spiro atoms. The van der Waals surface area contributed by atoms with E-state index in [0.717, 1.165) is 13.0 Å². The second-order valence-corrected chi connectivity index (χ2v) is 4.82. The van der Waals surface area contributed by atoms with E-state index in [1.165, 1.54) is 12.8 Å². The Morgan fingerprint density at radius 3 is 2.46 bits per heavy atom. The fourth-order valence-electron chi connectivity index (χ4n) is 2.40. The molecule has 13 heavy (non-hydrogen) atoms. The summed E-state index contributed by atoms with van der Waals surface area (Å²) < 4.78 is 0. The maximum atomic E-state index is 11.0. The molecule has 0 aromatic carbocycles. The second kappa shape index (κ2) is 2.71. The summed E-state index contributed by atoms with van der Waals surface area (Å²) in [6.07, 6.45) is 3.35. The van der Waals surface area contributed by atoms with Gasteiger partial charge in [-0.05, 0) is 38.5 Å². The predicted molar refractivity (Wildman–Crippen MR) is 49.5 cm³/mol. The highest BCUT2D eigenvalue weighted by molar-refractivity contribution is 5.74. The lowest BCUT2D eigenvalue weighted by molar-refractivity contribution is -0.142. The van der Waals surface area contributed by atoms with Crippen LogP contribution in [0.5, 0.6) is 0 Å². The Hall–Kier alpha value is -0.570. The van der Waals surface area contributed by atoms with Gasteiger partial charge in [0.15, 0.2) is 0 Å². The number of aliphatic carboxylic acids is 1. The molecule has 0 unspecified atom stereocenters. The van der Waals surface area contributed by atoms with E-state index in [0.29, 0.717) is 11.5 Å². The van der Waals surface area contributed by atoms with Gasteiger partial charge in [0, 0.05) is 12.6 Å². The van der Waals surface area contributed by atoms with E-state index in [1.807, 2.05) is 0 Å². The zero-order valence-electron chi connectivity index (χ0n) is 8.29. The normalized spacial score (nSPS) is 31.5. The fourth-order valence-corrected chi connectivity index (χ4v) is 2.40. The highest BCUT2D eigenvalue weighted by atomic mass is 16.4. The van der Waals surface area contributed by atoms with Crippen LogP contribution in [0.1, 0.15) is 33.1 Å². The number of carbonyl (C=O) groups is 1. The average Bonchev–Trinajstić information content (AvgIpc) is 2.60. The molecule has 3 nitrogen and oxygen atoms in total. The van der Waals surface area contributed by atoms with Crippen LogP contribution in [-0.2, 0) is 4.79 Å². The van der Waals surface area contributed by atoms with Crippen molar-refractivity contribution in [1.29, 1.82) is 0 Å². The minimum Gasteiger partial charge on any atom is -0.480 e. The number of hydrogen-bond acceptors (Lipinski definition) is 2. The first-order valence-corrected chi connectivity index (χ1v) is 5.03. The van der Waals surface area contributed by atoms with Crippen molar-refractivity contribution >= 4 is 5.97 Å². The highest BCUT2D eigenvalue weighted by Crippen LogP contribution is 2.55. The number of hydrogen-bond donors (Lipinski definition) is 1. The van der Waals surface area contributed by atoms with Gasteiger partial charge in [-0.2, -0.15) is 0 Å². The summed E-state index contributed by atoms with van der Waals surface area (Å²) in [5, 5.41) is 9.05. The van der Waals surface area contributed by atoms with E-state index in [-0.39, 0.29) is 6.04 Å². The molecule has 2 rings (SSSR count). The maximum absolute atomic E-state index is 11.0. The smallest absolute Gasteiger partial charge is 0.320 e. The summed E-state index contributed by atoms with van der Waals surface area (Å²) in [5.41, 5.74) is 0.396. The van der Waals surface area contributed by atoms with Gasteiger partial charge in [-0.3, -0.25) is 9.69 Å². The molecule has 0 radical (unpaired) electrons. The van der Waals surface area contributed by atoms with Crippen molar-refractivity contribution in [1.82, 2.24) is 4.90 Å². The quantitative estimate of drug-likeness (QED) is 0.702. The van der Waals surface area contributed by atoms with Gasteiger partial charge in [0.2, 0.25) is 0 Å². The number of likely N-dealkylation sites (tertiary alicyclic amines) is 1. The summed E-state index contributed by atoms with van der Waals surface area (Å²) in [7, 11) is 0. The van der Waals surface area contributed by atoms with E-state index in [1.54, 1.807) is 0 Å². The molecule has 0 aromatic rings. The van der Waals surface area contributed by atoms with Gasteiger partial charge >= 0.3 is 5.97 Å². The Labute approximate surface area is 78.7 Å². The zero-order chi connectivity index (χ0) is 9.64. The Kier molecular flexibility index (Phi) is 1.88. The van der Waals surface area contributed by atoms with Crippen molar-refractivity contribution < 1.29 is 9.90 Å². The molecule has 1 N–H and O–H groups in total.